The summed E-state index contributed by atoms with van der Waals surface area (Å²) in [6.07, 6.45) is 0. The lowest BCUT2D eigenvalue weighted by Gasteiger charge is -2.10. The first-order valence-corrected chi connectivity index (χ1v) is 8.35. The molecule has 3 aromatic carbocycles. The zero-order valence-electron chi connectivity index (χ0n) is 14.4. The van der Waals surface area contributed by atoms with Crippen molar-refractivity contribution in [1.82, 2.24) is 0 Å². The molecule has 0 aliphatic rings. The average molecular weight is 349 g/mol. The molecule has 1 amide bonds. The van der Waals surface area contributed by atoms with Gasteiger partial charge in [0.25, 0.3) is 5.91 Å². The van der Waals surface area contributed by atoms with Gasteiger partial charge in [-0.1, -0.05) is 42.5 Å². The number of anilines is 1. The highest BCUT2D eigenvalue weighted by molar-refractivity contribution is 6.12. The van der Waals surface area contributed by atoms with Gasteiger partial charge in [-0.2, -0.15) is 0 Å². The third-order valence-electron chi connectivity index (χ3n) is 3.79. The first-order chi connectivity index (χ1) is 12.7. The lowest BCUT2D eigenvalue weighted by atomic mass is 10.0. The van der Waals surface area contributed by atoms with E-state index in [9.17, 15) is 9.59 Å². The van der Waals surface area contributed by atoms with E-state index in [4.69, 9.17) is 9.47 Å². The molecule has 1 N–H and O–H groups in total. The maximum atomic E-state index is 12.7. The minimum atomic E-state index is -0.433. The van der Waals surface area contributed by atoms with Crippen molar-refractivity contribution in [3.8, 4) is 5.75 Å². The number of carbonyl (C=O) groups excluding carboxylic acids is 2. The van der Waals surface area contributed by atoms with Gasteiger partial charge in [-0.25, -0.2) is 4.79 Å². The Labute approximate surface area is 151 Å². The van der Waals surface area contributed by atoms with Gasteiger partial charge in [0.2, 0.25) is 0 Å². The van der Waals surface area contributed by atoms with Crippen LogP contribution in [0.25, 0.3) is 10.8 Å². The van der Waals surface area contributed by atoms with Gasteiger partial charge in [-0.15, -0.1) is 0 Å². The van der Waals surface area contributed by atoms with E-state index in [0.29, 0.717) is 23.6 Å². The second-order valence-electron chi connectivity index (χ2n) is 5.60. The summed E-state index contributed by atoms with van der Waals surface area (Å²) in [4.78, 5) is 24.0. The number of nitrogens with one attached hydrogen (secondary N) is 1. The molecule has 0 aliphatic heterocycles. The number of fused-ring (bicyclic) bond motifs is 1. The number of amides is 1. The van der Waals surface area contributed by atoms with Crippen LogP contribution in [0, 0.1) is 0 Å². The molecule has 26 heavy (non-hydrogen) atoms. The van der Waals surface area contributed by atoms with Gasteiger partial charge in [-0.3, -0.25) is 4.79 Å². The number of benzene rings is 3. The minimum Gasteiger partial charge on any atom is -0.482 e. The summed E-state index contributed by atoms with van der Waals surface area (Å²) in [6.45, 7) is 1.87. The third-order valence-corrected chi connectivity index (χ3v) is 3.79. The van der Waals surface area contributed by atoms with Crippen molar-refractivity contribution in [2.24, 2.45) is 0 Å². The van der Waals surface area contributed by atoms with Crippen molar-refractivity contribution in [2.75, 3.05) is 18.5 Å². The molecule has 0 radical (unpaired) electrons. The molecular formula is C21H19NO4. The van der Waals surface area contributed by atoms with Gasteiger partial charge in [0.15, 0.2) is 6.61 Å². The molecule has 0 heterocycles. The van der Waals surface area contributed by atoms with Gasteiger partial charge >= 0.3 is 5.97 Å². The van der Waals surface area contributed by atoms with Crippen LogP contribution in [0.4, 0.5) is 5.69 Å². The zero-order valence-corrected chi connectivity index (χ0v) is 14.4. The second kappa shape index (κ2) is 8.16. The SMILES string of the molecule is CCOC(=O)COc1cccc(NC(=O)c2cccc3ccccc23)c1. The van der Waals surface area contributed by atoms with E-state index in [1.54, 1.807) is 37.3 Å². The smallest absolute Gasteiger partial charge is 0.344 e. The molecule has 0 aliphatic carbocycles. The predicted molar refractivity (Wildman–Crippen MR) is 100 cm³/mol. The Balaban J connectivity index is 1.73. The van der Waals surface area contributed by atoms with Crippen molar-refractivity contribution in [1.29, 1.82) is 0 Å². The molecule has 0 unspecified atom stereocenters. The van der Waals surface area contributed by atoms with Crippen LogP contribution in [-0.2, 0) is 9.53 Å². The lowest BCUT2D eigenvalue weighted by molar-refractivity contribution is -0.145. The van der Waals surface area contributed by atoms with Crippen molar-refractivity contribution < 1.29 is 19.1 Å². The largest absolute Gasteiger partial charge is 0.482 e. The molecule has 0 saturated carbocycles. The summed E-state index contributed by atoms with van der Waals surface area (Å²) in [5.74, 6) is -0.157. The number of ether oxygens (including phenoxy) is 2. The highest BCUT2D eigenvalue weighted by Gasteiger charge is 2.10. The number of esters is 1. The molecule has 3 aromatic rings. The van der Waals surface area contributed by atoms with E-state index in [2.05, 4.69) is 5.32 Å². The standard InChI is InChI=1S/C21H19NO4/c1-2-25-20(23)14-26-17-10-6-9-16(13-17)22-21(24)19-12-5-8-15-7-3-4-11-18(15)19/h3-13H,2,14H2,1H3,(H,22,24). The van der Waals surface area contributed by atoms with Gasteiger partial charge in [0, 0.05) is 17.3 Å². The molecule has 3 rings (SSSR count). The summed E-state index contributed by atoms with van der Waals surface area (Å²) in [5.41, 5.74) is 1.19. The first kappa shape index (κ1) is 17.5. The summed E-state index contributed by atoms with van der Waals surface area (Å²) in [6, 6.07) is 20.2. The van der Waals surface area contributed by atoms with E-state index in [-0.39, 0.29) is 12.5 Å². The Morgan fingerprint density at radius 2 is 1.73 bits per heavy atom. The molecule has 0 atom stereocenters. The summed E-state index contributed by atoms with van der Waals surface area (Å²) < 4.78 is 10.2. The fraction of sp³-hybridized carbons (Fsp3) is 0.143. The van der Waals surface area contributed by atoms with Crippen LogP contribution in [0.1, 0.15) is 17.3 Å². The van der Waals surface area contributed by atoms with E-state index >= 15 is 0 Å². The third kappa shape index (κ3) is 4.19. The summed E-state index contributed by atoms with van der Waals surface area (Å²) >= 11 is 0. The second-order valence-corrected chi connectivity index (χ2v) is 5.60. The highest BCUT2D eigenvalue weighted by atomic mass is 16.6. The van der Waals surface area contributed by atoms with Gasteiger partial charge in [0.1, 0.15) is 5.75 Å². The molecule has 5 nitrogen and oxygen atoms in total. The van der Waals surface area contributed by atoms with Crippen molar-refractivity contribution in [3.63, 3.8) is 0 Å². The van der Waals surface area contributed by atoms with E-state index < -0.39 is 5.97 Å². The van der Waals surface area contributed by atoms with Crippen LogP contribution in [0.5, 0.6) is 5.75 Å². The number of hydrogen-bond acceptors (Lipinski definition) is 4. The fourth-order valence-electron chi connectivity index (χ4n) is 2.63. The molecular weight excluding hydrogens is 330 g/mol. The number of rotatable bonds is 6. The van der Waals surface area contributed by atoms with Crippen molar-refractivity contribution in [3.05, 3.63) is 72.3 Å². The monoisotopic (exact) mass is 349 g/mol. The molecule has 0 bridgehead atoms. The zero-order chi connectivity index (χ0) is 18.4. The van der Waals surface area contributed by atoms with Crippen LogP contribution >= 0.6 is 0 Å². The Bertz CT molecular complexity index is 931. The topological polar surface area (TPSA) is 64.6 Å². The number of carbonyl (C=O) groups is 2. The molecule has 0 saturated heterocycles. The fourth-order valence-corrected chi connectivity index (χ4v) is 2.63. The molecule has 0 spiro atoms. The summed E-state index contributed by atoms with van der Waals surface area (Å²) in [7, 11) is 0. The van der Waals surface area contributed by atoms with E-state index in [0.717, 1.165) is 10.8 Å². The van der Waals surface area contributed by atoms with Gasteiger partial charge < -0.3 is 14.8 Å². The molecule has 132 valence electrons. The lowest BCUT2D eigenvalue weighted by Crippen LogP contribution is -2.15. The Hall–Kier alpha value is -3.34. The summed E-state index contributed by atoms with van der Waals surface area (Å²) in [5, 5.41) is 4.77. The van der Waals surface area contributed by atoms with Crippen LogP contribution < -0.4 is 10.1 Å². The van der Waals surface area contributed by atoms with Gasteiger partial charge in [-0.05, 0) is 35.9 Å². The van der Waals surface area contributed by atoms with Crippen LogP contribution in [0.3, 0.4) is 0 Å². The quantitative estimate of drug-likeness (QED) is 0.682. The Kier molecular flexibility index (Phi) is 5.49. The maximum absolute atomic E-state index is 12.7. The Morgan fingerprint density at radius 1 is 0.962 bits per heavy atom. The predicted octanol–water partition coefficient (Wildman–Crippen LogP) is 4.03. The molecule has 5 heteroatoms. The van der Waals surface area contributed by atoms with Crippen molar-refractivity contribution >= 4 is 28.3 Å². The van der Waals surface area contributed by atoms with Crippen molar-refractivity contribution in [2.45, 2.75) is 6.92 Å². The van der Waals surface area contributed by atoms with Crippen LogP contribution in [0.15, 0.2) is 66.7 Å². The van der Waals surface area contributed by atoms with Gasteiger partial charge in [0.05, 0.1) is 6.61 Å². The number of hydrogen-bond donors (Lipinski definition) is 1. The minimum absolute atomic E-state index is 0.172. The first-order valence-electron chi connectivity index (χ1n) is 8.35. The maximum Gasteiger partial charge on any atom is 0.344 e. The average Bonchev–Trinajstić information content (AvgIpc) is 2.66. The van der Waals surface area contributed by atoms with Crippen LogP contribution in [-0.4, -0.2) is 25.1 Å². The Morgan fingerprint density at radius 3 is 2.58 bits per heavy atom. The normalized spacial score (nSPS) is 10.3. The van der Waals surface area contributed by atoms with E-state index in [1.165, 1.54) is 0 Å². The van der Waals surface area contributed by atoms with E-state index in [1.807, 2.05) is 36.4 Å². The highest BCUT2D eigenvalue weighted by Crippen LogP contribution is 2.22. The molecule has 0 aromatic heterocycles. The molecule has 0 fully saturated rings. The van der Waals surface area contributed by atoms with Crippen LogP contribution in [0.2, 0.25) is 0 Å².